The standard InChI is InChI=1S/C20H40O/c1-5-8-10-11-12-13-15-16-19(4)18-21-20(7-3)17-14-9-6-2/h18,20H,5-17H2,1-4H3. The third kappa shape index (κ3) is 14.2. The molecule has 0 radical (unpaired) electrons. The topological polar surface area (TPSA) is 9.23 Å². The summed E-state index contributed by atoms with van der Waals surface area (Å²) in [5.41, 5.74) is 1.41. The zero-order valence-electron chi connectivity index (χ0n) is 15.3. The first-order valence-electron chi connectivity index (χ1n) is 9.55. The van der Waals surface area contributed by atoms with E-state index in [1.165, 1.54) is 82.6 Å². The summed E-state index contributed by atoms with van der Waals surface area (Å²) in [6.45, 7) is 8.99. The normalized spacial score (nSPS) is 13.4. The van der Waals surface area contributed by atoms with Crippen molar-refractivity contribution in [3.8, 4) is 0 Å². The molecule has 1 unspecified atom stereocenters. The van der Waals surface area contributed by atoms with Gasteiger partial charge in [-0.2, -0.15) is 0 Å². The van der Waals surface area contributed by atoms with Crippen molar-refractivity contribution in [3.05, 3.63) is 11.8 Å². The Labute approximate surface area is 134 Å². The Morgan fingerprint density at radius 1 is 0.810 bits per heavy atom. The van der Waals surface area contributed by atoms with Crippen molar-refractivity contribution in [2.45, 2.75) is 117 Å². The summed E-state index contributed by atoms with van der Waals surface area (Å²) in [6, 6.07) is 0. The van der Waals surface area contributed by atoms with Crippen molar-refractivity contribution in [3.63, 3.8) is 0 Å². The summed E-state index contributed by atoms with van der Waals surface area (Å²) in [6.07, 6.45) is 19.7. The fourth-order valence-electron chi connectivity index (χ4n) is 2.62. The molecule has 0 saturated carbocycles. The van der Waals surface area contributed by atoms with Crippen LogP contribution < -0.4 is 0 Å². The molecule has 0 bridgehead atoms. The van der Waals surface area contributed by atoms with Crippen molar-refractivity contribution < 1.29 is 4.74 Å². The molecule has 1 heteroatoms. The fraction of sp³-hybridized carbons (Fsp3) is 0.900. The van der Waals surface area contributed by atoms with Crippen molar-refractivity contribution in [1.82, 2.24) is 0 Å². The highest BCUT2D eigenvalue weighted by Crippen LogP contribution is 2.15. The van der Waals surface area contributed by atoms with Gasteiger partial charge in [-0.05, 0) is 44.6 Å². The second kappa shape index (κ2) is 15.9. The molecule has 126 valence electrons. The van der Waals surface area contributed by atoms with E-state index in [1.54, 1.807) is 0 Å². The van der Waals surface area contributed by atoms with Crippen molar-refractivity contribution >= 4 is 0 Å². The number of unbranched alkanes of at least 4 members (excludes halogenated alkanes) is 8. The zero-order chi connectivity index (χ0) is 15.8. The molecule has 0 N–H and O–H groups in total. The van der Waals surface area contributed by atoms with Gasteiger partial charge in [-0.25, -0.2) is 0 Å². The Balaban J connectivity index is 3.61. The smallest absolute Gasteiger partial charge is 0.0975 e. The first-order chi connectivity index (χ1) is 10.2. The Hall–Kier alpha value is -0.460. The molecule has 0 aliphatic carbocycles. The van der Waals surface area contributed by atoms with E-state index < -0.39 is 0 Å². The van der Waals surface area contributed by atoms with Gasteiger partial charge in [0.15, 0.2) is 0 Å². The zero-order valence-corrected chi connectivity index (χ0v) is 15.3. The minimum atomic E-state index is 0.431. The monoisotopic (exact) mass is 296 g/mol. The largest absolute Gasteiger partial charge is 0.498 e. The summed E-state index contributed by atoms with van der Waals surface area (Å²) in [4.78, 5) is 0. The predicted molar refractivity (Wildman–Crippen MR) is 95.7 cm³/mol. The Bertz CT molecular complexity index is 232. The molecule has 0 amide bonds. The lowest BCUT2D eigenvalue weighted by Gasteiger charge is -2.15. The highest BCUT2D eigenvalue weighted by molar-refractivity contribution is 4.93. The summed E-state index contributed by atoms with van der Waals surface area (Å²) in [7, 11) is 0. The van der Waals surface area contributed by atoms with Crippen LogP contribution in [0.5, 0.6) is 0 Å². The van der Waals surface area contributed by atoms with Crippen LogP contribution in [0.4, 0.5) is 0 Å². The number of rotatable bonds is 15. The lowest BCUT2D eigenvalue weighted by Crippen LogP contribution is -2.08. The molecular formula is C20H40O. The van der Waals surface area contributed by atoms with Crippen LogP contribution in [0.25, 0.3) is 0 Å². The van der Waals surface area contributed by atoms with E-state index >= 15 is 0 Å². The average Bonchev–Trinajstić information content (AvgIpc) is 2.49. The van der Waals surface area contributed by atoms with Gasteiger partial charge in [0.25, 0.3) is 0 Å². The van der Waals surface area contributed by atoms with Crippen molar-refractivity contribution in [1.29, 1.82) is 0 Å². The Morgan fingerprint density at radius 3 is 2.00 bits per heavy atom. The van der Waals surface area contributed by atoms with E-state index in [2.05, 4.69) is 27.7 Å². The maximum atomic E-state index is 5.95. The van der Waals surface area contributed by atoms with Gasteiger partial charge in [-0.3, -0.25) is 0 Å². The van der Waals surface area contributed by atoms with E-state index in [0.29, 0.717) is 6.10 Å². The van der Waals surface area contributed by atoms with Gasteiger partial charge < -0.3 is 4.74 Å². The average molecular weight is 297 g/mol. The number of hydrogen-bond acceptors (Lipinski definition) is 1. The van der Waals surface area contributed by atoms with Crippen LogP contribution in [-0.4, -0.2) is 6.10 Å². The third-order valence-electron chi connectivity index (χ3n) is 4.22. The molecule has 0 spiro atoms. The molecule has 0 aromatic heterocycles. The quantitative estimate of drug-likeness (QED) is 0.226. The molecule has 0 fully saturated rings. The minimum Gasteiger partial charge on any atom is -0.498 e. The van der Waals surface area contributed by atoms with Crippen LogP contribution in [0, 0.1) is 0 Å². The minimum absolute atomic E-state index is 0.431. The summed E-state index contributed by atoms with van der Waals surface area (Å²) in [5, 5.41) is 0. The van der Waals surface area contributed by atoms with Gasteiger partial charge in [0, 0.05) is 0 Å². The van der Waals surface area contributed by atoms with Crippen molar-refractivity contribution in [2.24, 2.45) is 0 Å². The first-order valence-corrected chi connectivity index (χ1v) is 9.55. The molecule has 1 nitrogen and oxygen atoms in total. The van der Waals surface area contributed by atoms with Gasteiger partial charge in [0.2, 0.25) is 0 Å². The van der Waals surface area contributed by atoms with Gasteiger partial charge in [0.05, 0.1) is 12.4 Å². The lowest BCUT2D eigenvalue weighted by molar-refractivity contribution is 0.126. The Kier molecular flexibility index (Phi) is 15.6. The van der Waals surface area contributed by atoms with Crippen LogP contribution in [-0.2, 0) is 4.74 Å². The van der Waals surface area contributed by atoms with E-state index in [4.69, 9.17) is 4.74 Å². The molecule has 0 heterocycles. The third-order valence-corrected chi connectivity index (χ3v) is 4.22. The SMILES string of the molecule is CCCCCCCCCC(C)=COC(CC)CCCCC. The molecule has 0 aromatic carbocycles. The Morgan fingerprint density at radius 2 is 1.38 bits per heavy atom. The van der Waals surface area contributed by atoms with Gasteiger partial charge >= 0.3 is 0 Å². The molecule has 0 aliphatic heterocycles. The molecule has 1 atom stereocenters. The highest BCUT2D eigenvalue weighted by Gasteiger charge is 2.04. The van der Waals surface area contributed by atoms with Crippen LogP contribution in [0.3, 0.4) is 0 Å². The van der Waals surface area contributed by atoms with Crippen LogP contribution in [0.15, 0.2) is 11.8 Å². The van der Waals surface area contributed by atoms with E-state index in [0.717, 1.165) is 6.42 Å². The van der Waals surface area contributed by atoms with Crippen LogP contribution in [0.2, 0.25) is 0 Å². The second-order valence-corrected chi connectivity index (χ2v) is 6.50. The highest BCUT2D eigenvalue weighted by atomic mass is 16.5. The number of ether oxygens (including phenoxy) is 1. The molecule has 0 saturated heterocycles. The van der Waals surface area contributed by atoms with E-state index in [1.807, 2.05) is 6.26 Å². The maximum absolute atomic E-state index is 5.95. The summed E-state index contributed by atoms with van der Waals surface area (Å²) in [5.74, 6) is 0. The first kappa shape index (κ1) is 20.5. The number of hydrogen-bond donors (Lipinski definition) is 0. The molecule has 21 heavy (non-hydrogen) atoms. The van der Waals surface area contributed by atoms with Gasteiger partial charge in [-0.1, -0.05) is 72.1 Å². The maximum Gasteiger partial charge on any atom is 0.0975 e. The lowest BCUT2D eigenvalue weighted by atomic mass is 10.1. The van der Waals surface area contributed by atoms with Gasteiger partial charge in [0.1, 0.15) is 0 Å². The molecular weight excluding hydrogens is 256 g/mol. The van der Waals surface area contributed by atoms with Crippen LogP contribution >= 0.6 is 0 Å². The predicted octanol–water partition coefficient (Wildman–Crippen LogP) is 7.41. The fourth-order valence-corrected chi connectivity index (χ4v) is 2.62. The molecule has 0 rings (SSSR count). The van der Waals surface area contributed by atoms with Crippen molar-refractivity contribution in [2.75, 3.05) is 0 Å². The molecule has 0 aliphatic rings. The molecule has 0 aromatic rings. The van der Waals surface area contributed by atoms with Crippen LogP contribution in [0.1, 0.15) is 111 Å². The summed E-state index contributed by atoms with van der Waals surface area (Å²) >= 11 is 0. The summed E-state index contributed by atoms with van der Waals surface area (Å²) < 4.78 is 5.95. The number of allylic oxidation sites excluding steroid dienone is 1. The second-order valence-electron chi connectivity index (χ2n) is 6.50. The van der Waals surface area contributed by atoms with Gasteiger partial charge in [-0.15, -0.1) is 0 Å². The van der Waals surface area contributed by atoms with E-state index in [9.17, 15) is 0 Å². The van der Waals surface area contributed by atoms with E-state index in [-0.39, 0.29) is 0 Å².